The van der Waals surface area contributed by atoms with Crippen LogP contribution in [0.25, 0.3) is 10.8 Å². The van der Waals surface area contributed by atoms with Crippen LogP contribution in [0.1, 0.15) is 114 Å². The number of hydrogen-bond acceptors (Lipinski definition) is 0. The van der Waals surface area contributed by atoms with Crippen LogP contribution in [-0.2, 0) is 6.42 Å². The average molecular weight is 449 g/mol. The molecule has 4 rings (SSSR count). The van der Waals surface area contributed by atoms with Crippen molar-refractivity contribution in [3.8, 4) is 0 Å². The molecule has 2 saturated carbocycles. The molecule has 2 aliphatic carbocycles. The zero-order valence-corrected chi connectivity index (χ0v) is 21.1. The lowest BCUT2D eigenvalue weighted by molar-refractivity contribution is 0.113. The molecule has 33 heavy (non-hydrogen) atoms. The molecule has 180 valence electrons. The first-order valence-electron chi connectivity index (χ1n) is 14.0. The maximum absolute atomic E-state index is 15.1. The summed E-state index contributed by atoms with van der Waals surface area (Å²) in [5, 5.41) is 1.87. The second-order valence-electron chi connectivity index (χ2n) is 11.1. The molecule has 2 unspecified atom stereocenters. The van der Waals surface area contributed by atoms with E-state index in [0.717, 1.165) is 41.4 Å². The van der Waals surface area contributed by atoms with E-state index in [0.29, 0.717) is 5.92 Å². The Bertz CT molecular complexity index is 910. The third kappa shape index (κ3) is 6.49. The van der Waals surface area contributed by atoms with E-state index in [9.17, 15) is 0 Å². The molecule has 2 aliphatic rings. The van der Waals surface area contributed by atoms with Crippen LogP contribution in [0.2, 0.25) is 0 Å². The topological polar surface area (TPSA) is 0 Å². The lowest BCUT2D eigenvalue weighted by Gasteiger charge is -2.42. The average Bonchev–Trinajstić information content (AvgIpc) is 2.84. The van der Waals surface area contributed by atoms with Gasteiger partial charge >= 0.3 is 0 Å². The Morgan fingerprint density at radius 1 is 0.909 bits per heavy atom. The standard InChI is InChI=1S/C32H45F/c1-3-5-7-8-10-12-24-13-15-27-21-28(18-17-26(27)19-24)30-22-29-16-14-25(11-9-6-4-2)20-31(29)32(33)23-30/h4,6,14,16,20,22-24,26-28H,3,5,7-13,15,17-19,21H2,1-2H3/b6-4+/t24?,26-,27?,28-/m1/s1. The summed E-state index contributed by atoms with van der Waals surface area (Å²) < 4.78 is 15.1. The molecule has 2 aromatic carbocycles. The highest BCUT2D eigenvalue weighted by Crippen LogP contribution is 2.48. The lowest BCUT2D eigenvalue weighted by atomic mass is 9.63. The predicted molar refractivity (Wildman–Crippen MR) is 141 cm³/mol. The van der Waals surface area contributed by atoms with E-state index in [4.69, 9.17) is 0 Å². The van der Waals surface area contributed by atoms with Crippen molar-refractivity contribution in [3.63, 3.8) is 0 Å². The molecule has 0 radical (unpaired) electrons. The van der Waals surface area contributed by atoms with Gasteiger partial charge in [0, 0.05) is 5.39 Å². The van der Waals surface area contributed by atoms with Gasteiger partial charge in [-0.05, 0) is 104 Å². The Labute approximate surface area is 202 Å². The van der Waals surface area contributed by atoms with E-state index in [1.165, 1.54) is 88.2 Å². The predicted octanol–water partition coefficient (Wildman–Crippen LogP) is 10.1. The smallest absolute Gasteiger partial charge is 0.131 e. The zero-order chi connectivity index (χ0) is 23.0. The van der Waals surface area contributed by atoms with Gasteiger partial charge in [0.05, 0.1) is 0 Å². The summed E-state index contributed by atoms with van der Waals surface area (Å²) in [5.41, 5.74) is 2.48. The monoisotopic (exact) mass is 448 g/mol. The molecule has 0 spiro atoms. The van der Waals surface area contributed by atoms with Crippen LogP contribution >= 0.6 is 0 Å². The molecule has 0 aliphatic heterocycles. The Kier molecular flexibility index (Phi) is 9.04. The SMILES string of the molecule is C/C=C/CCc1ccc2cc([C@@H]3CC[C@@H]4CC(CCCCCCC)CCC4C3)cc(F)c2c1. The summed E-state index contributed by atoms with van der Waals surface area (Å²) in [6.45, 7) is 4.35. The van der Waals surface area contributed by atoms with Crippen molar-refractivity contribution in [2.24, 2.45) is 17.8 Å². The van der Waals surface area contributed by atoms with E-state index < -0.39 is 0 Å². The Morgan fingerprint density at radius 3 is 2.58 bits per heavy atom. The normalized spacial score (nSPS) is 25.5. The Hall–Kier alpha value is -1.63. The molecular formula is C32H45F. The summed E-state index contributed by atoms with van der Waals surface area (Å²) in [6, 6.07) is 10.6. The zero-order valence-electron chi connectivity index (χ0n) is 21.1. The van der Waals surface area contributed by atoms with Crippen molar-refractivity contribution in [3.05, 3.63) is 59.4 Å². The molecular weight excluding hydrogens is 403 g/mol. The highest BCUT2D eigenvalue weighted by Gasteiger charge is 2.36. The number of unbranched alkanes of at least 4 members (excludes halogenated alkanes) is 4. The number of aryl methyl sites for hydroxylation is 1. The van der Waals surface area contributed by atoms with Gasteiger partial charge in [-0.25, -0.2) is 4.39 Å². The molecule has 4 atom stereocenters. The fourth-order valence-corrected chi connectivity index (χ4v) is 6.78. The van der Waals surface area contributed by atoms with Gasteiger partial charge in [-0.1, -0.05) is 82.2 Å². The third-order valence-corrected chi connectivity index (χ3v) is 8.73. The molecule has 0 bridgehead atoms. The van der Waals surface area contributed by atoms with Gasteiger partial charge in [0.25, 0.3) is 0 Å². The molecule has 0 amide bonds. The summed E-state index contributed by atoms with van der Waals surface area (Å²) >= 11 is 0. The van der Waals surface area contributed by atoms with Crippen LogP contribution in [0.4, 0.5) is 4.39 Å². The first-order valence-corrected chi connectivity index (χ1v) is 14.0. The summed E-state index contributed by atoms with van der Waals surface area (Å²) in [7, 11) is 0. The van der Waals surface area contributed by atoms with Crippen molar-refractivity contribution >= 4 is 10.8 Å². The van der Waals surface area contributed by atoms with Gasteiger partial charge in [-0.15, -0.1) is 0 Å². The molecule has 2 fully saturated rings. The van der Waals surface area contributed by atoms with Crippen LogP contribution in [0.15, 0.2) is 42.5 Å². The summed E-state index contributed by atoms with van der Waals surface area (Å²) in [6.07, 6.45) is 23.0. The summed E-state index contributed by atoms with van der Waals surface area (Å²) in [5.74, 6) is 3.30. The van der Waals surface area contributed by atoms with Gasteiger partial charge in [-0.3, -0.25) is 0 Å². The largest absolute Gasteiger partial charge is 0.206 e. The van der Waals surface area contributed by atoms with Crippen molar-refractivity contribution in [1.82, 2.24) is 0 Å². The fourth-order valence-electron chi connectivity index (χ4n) is 6.78. The van der Waals surface area contributed by atoms with E-state index in [-0.39, 0.29) is 5.82 Å². The second kappa shape index (κ2) is 12.2. The van der Waals surface area contributed by atoms with E-state index in [1.807, 2.05) is 6.07 Å². The molecule has 2 aromatic rings. The minimum atomic E-state index is -0.0238. The van der Waals surface area contributed by atoms with Crippen molar-refractivity contribution in [1.29, 1.82) is 0 Å². The van der Waals surface area contributed by atoms with Crippen LogP contribution in [-0.4, -0.2) is 0 Å². The number of fused-ring (bicyclic) bond motifs is 2. The van der Waals surface area contributed by atoms with Crippen molar-refractivity contribution in [2.45, 2.75) is 110 Å². The maximum Gasteiger partial charge on any atom is 0.131 e. The fraction of sp³-hybridized carbons (Fsp3) is 0.625. The Balaban J connectivity index is 1.34. The first kappa shape index (κ1) is 24.5. The van der Waals surface area contributed by atoms with Crippen LogP contribution < -0.4 is 0 Å². The third-order valence-electron chi connectivity index (χ3n) is 8.73. The quantitative estimate of drug-likeness (QED) is 0.250. The van der Waals surface area contributed by atoms with Gasteiger partial charge in [0.1, 0.15) is 5.82 Å². The van der Waals surface area contributed by atoms with E-state index >= 15 is 4.39 Å². The number of rotatable bonds is 10. The highest BCUT2D eigenvalue weighted by atomic mass is 19.1. The van der Waals surface area contributed by atoms with Crippen LogP contribution in [0.3, 0.4) is 0 Å². The number of hydrogen-bond donors (Lipinski definition) is 0. The molecule has 0 N–H and O–H groups in total. The van der Waals surface area contributed by atoms with E-state index in [2.05, 4.69) is 50.3 Å². The van der Waals surface area contributed by atoms with Crippen LogP contribution in [0.5, 0.6) is 0 Å². The second-order valence-corrected chi connectivity index (χ2v) is 11.1. The first-order chi connectivity index (χ1) is 16.2. The molecule has 0 heterocycles. The number of halogens is 1. The van der Waals surface area contributed by atoms with Crippen molar-refractivity contribution in [2.75, 3.05) is 0 Å². The highest BCUT2D eigenvalue weighted by molar-refractivity contribution is 5.84. The Morgan fingerprint density at radius 2 is 1.73 bits per heavy atom. The van der Waals surface area contributed by atoms with Crippen LogP contribution in [0, 0.1) is 23.6 Å². The summed E-state index contributed by atoms with van der Waals surface area (Å²) in [4.78, 5) is 0. The van der Waals surface area contributed by atoms with Crippen molar-refractivity contribution < 1.29 is 4.39 Å². The van der Waals surface area contributed by atoms with Gasteiger partial charge < -0.3 is 0 Å². The minimum Gasteiger partial charge on any atom is -0.206 e. The molecule has 0 saturated heterocycles. The maximum atomic E-state index is 15.1. The number of benzene rings is 2. The number of allylic oxidation sites excluding steroid dienone is 2. The van der Waals surface area contributed by atoms with E-state index in [1.54, 1.807) is 0 Å². The molecule has 0 aromatic heterocycles. The van der Waals surface area contributed by atoms with Gasteiger partial charge in [0.15, 0.2) is 0 Å². The van der Waals surface area contributed by atoms with Gasteiger partial charge in [-0.2, -0.15) is 0 Å². The minimum absolute atomic E-state index is 0.0238. The molecule has 1 heteroatoms. The lowest BCUT2D eigenvalue weighted by Crippen LogP contribution is -2.30. The van der Waals surface area contributed by atoms with Gasteiger partial charge in [0.2, 0.25) is 0 Å². The molecule has 0 nitrogen and oxygen atoms in total.